The number of carbonyl (C=O) groups excluding carboxylic acids is 3. The summed E-state index contributed by atoms with van der Waals surface area (Å²) >= 11 is 3.65. The van der Waals surface area contributed by atoms with Gasteiger partial charge in [0.2, 0.25) is 12.1 Å². The smallest absolute Gasteiger partial charge is 0.448 e. The number of anilines is 1. The van der Waals surface area contributed by atoms with E-state index >= 15 is 0 Å². The van der Waals surface area contributed by atoms with Crippen molar-refractivity contribution in [1.29, 1.82) is 0 Å². The summed E-state index contributed by atoms with van der Waals surface area (Å²) in [6.45, 7) is 1.75. The van der Waals surface area contributed by atoms with Crippen molar-refractivity contribution in [1.82, 2.24) is 15.2 Å². The Morgan fingerprint density at radius 3 is 1.84 bits per heavy atom. The van der Waals surface area contributed by atoms with Gasteiger partial charge in [-0.25, -0.2) is 14.6 Å². The van der Waals surface area contributed by atoms with Crippen LogP contribution in [0.2, 0.25) is 0 Å². The number of carboxylic acid groups (broad SMARTS) is 1. The number of benzene rings is 5. The summed E-state index contributed by atoms with van der Waals surface area (Å²) in [6, 6.07) is 49.7. The number of ether oxygens (including phenoxy) is 1. The Bertz CT molecular complexity index is 3090. The van der Waals surface area contributed by atoms with Crippen LogP contribution in [0.1, 0.15) is 53.5 Å². The summed E-state index contributed by atoms with van der Waals surface area (Å²) in [5.74, 6) is -3.42. The number of nitrogens with zero attached hydrogens (tertiary/aromatic N) is 4. The number of pyridine rings is 1. The lowest BCUT2D eigenvalue weighted by atomic mass is 9.77. The number of carboxylic acids is 1. The summed E-state index contributed by atoms with van der Waals surface area (Å²) < 4.78 is 45.9. The van der Waals surface area contributed by atoms with Crippen LogP contribution < -0.4 is 15.2 Å². The summed E-state index contributed by atoms with van der Waals surface area (Å²) in [7, 11) is 0. The Labute approximate surface area is 442 Å². The molecule has 0 bridgehead atoms. The first-order valence-corrected chi connectivity index (χ1v) is 26.4. The van der Waals surface area contributed by atoms with Crippen LogP contribution in [0.5, 0.6) is 0 Å². The van der Waals surface area contributed by atoms with E-state index in [2.05, 4.69) is 15.8 Å². The van der Waals surface area contributed by atoms with Crippen molar-refractivity contribution in [3.8, 4) is 0 Å². The SMILES string of the molecule is CC(C)(O/N=C(\C(=O)N[C@@H]1C(=O)N2C(C(=O)O)=C(CSc3cc[n+](CC(F)(F)F)cc3)CS[C@H]12)c1csc(NC(c2ccccc2)(c2ccccc2)c2ccccc2)n1)C(=O)OC(c1ccccc1)c1ccccc1. The highest BCUT2D eigenvalue weighted by Gasteiger charge is 2.54. The topological polar surface area (TPSA) is 163 Å². The molecule has 2 aromatic heterocycles. The molecule has 0 unspecified atom stereocenters. The zero-order valence-corrected chi connectivity index (χ0v) is 42.7. The van der Waals surface area contributed by atoms with Crippen molar-refractivity contribution in [2.75, 3.05) is 16.8 Å². The number of rotatable bonds is 19. The maximum absolute atomic E-state index is 14.7. The minimum absolute atomic E-state index is 0.0360. The fourth-order valence-corrected chi connectivity index (χ4v) is 11.8. The summed E-state index contributed by atoms with van der Waals surface area (Å²) in [5, 5.41) is 22.3. The minimum Gasteiger partial charge on any atom is -0.477 e. The molecule has 7 aromatic rings. The van der Waals surface area contributed by atoms with E-state index < -0.39 is 65.1 Å². The maximum atomic E-state index is 14.7. The lowest BCUT2D eigenvalue weighted by molar-refractivity contribution is -0.719. The number of amides is 2. The molecule has 75 heavy (non-hydrogen) atoms. The first-order chi connectivity index (χ1) is 36.1. The Balaban J connectivity index is 1.01. The Morgan fingerprint density at radius 2 is 1.33 bits per heavy atom. The van der Waals surface area contributed by atoms with E-state index in [0.29, 0.717) is 26.7 Å². The molecular formula is C56H48F3N6O7S3+. The highest BCUT2D eigenvalue weighted by Crippen LogP contribution is 2.43. The third-order valence-corrected chi connectivity index (χ3v) is 15.5. The largest absolute Gasteiger partial charge is 0.477 e. The van der Waals surface area contributed by atoms with Crippen molar-refractivity contribution in [2.24, 2.45) is 5.16 Å². The molecule has 1 saturated heterocycles. The predicted octanol–water partition coefficient (Wildman–Crippen LogP) is 9.76. The van der Waals surface area contributed by atoms with Crippen LogP contribution in [0.3, 0.4) is 0 Å². The molecule has 382 valence electrons. The quantitative estimate of drug-likeness (QED) is 0.0134. The molecule has 1 fully saturated rings. The lowest BCUT2D eigenvalue weighted by Crippen LogP contribution is -2.71. The number of esters is 1. The number of thiazole rings is 1. The maximum Gasteiger partial charge on any atom is 0.448 e. The van der Waals surface area contributed by atoms with E-state index in [1.54, 1.807) is 5.38 Å². The van der Waals surface area contributed by atoms with Gasteiger partial charge in [0, 0.05) is 33.9 Å². The van der Waals surface area contributed by atoms with Crippen molar-refractivity contribution in [2.45, 2.75) is 60.1 Å². The zero-order chi connectivity index (χ0) is 52.7. The van der Waals surface area contributed by atoms with E-state index in [4.69, 9.17) is 14.6 Å². The molecule has 13 nitrogen and oxygen atoms in total. The number of aromatic nitrogens is 2. The first kappa shape index (κ1) is 52.1. The molecule has 3 N–H and O–H groups in total. The van der Waals surface area contributed by atoms with E-state index in [1.807, 2.05) is 152 Å². The van der Waals surface area contributed by atoms with Gasteiger partial charge < -0.3 is 25.3 Å². The number of nitrogens with one attached hydrogen (secondary N) is 2. The van der Waals surface area contributed by atoms with Gasteiger partial charge >= 0.3 is 18.1 Å². The van der Waals surface area contributed by atoms with Gasteiger partial charge in [0.1, 0.15) is 28.3 Å². The number of oxime groups is 1. The molecule has 9 rings (SSSR count). The van der Waals surface area contributed by atoms with Gasteiger partial charge in [0.15, 0.2) is 29.3 Å². The summed E-state index contributed by atoms with van der Waals surface area (Å²) in [5.41, 5.74) is 1.14. The van der Waals surface area contributed by atoms with Gasteiger partial charge in [-0.1, -0.05) is 157 Å². The van der Waals surface area contributed by atoms with Gasteiger partial charge in [-0.15, -0.1) is 34.9 Å². The highest BCUT2D eigenvalue weighted by atomic mass is 32.2. The Kier molecular flexibility index (Phi) is 15.6. The minimum atomic E-state index is -4.40. The second kappa shape index (κ2) is 22.4. The summed E-state index contributed by atoms with van der Waals surface area (Å²) in [6.07, 6.45) is -2.63. The average Bonchev–Trinajstić information content (AvgIpc) is 3.88. The molecule has 0 saturated carbocycles. The van der Waals surface area contributed by atoms with Crippen LogP contribution in [0.4, 0.5) is 18.3 Å². The number of hydrogen-bond donors (Lipinski definition) is 3. The monoisotopic (exact) mass is 1070 g/mol. The third-order valence-electron chi connectivity index (χ3n) is 12.3. The molecule has 19 heteroatoms. The molecule has 4 heterocycles. The lowest BCUT2D eigenvalue weighted by Gasteiger charge is -2.49. The molecule has 5 aromatic carbocycles. The van der Waals surface area contributed by atoms with Crippen molar-refractivity contribution in [3.63, 3.8) is 0 Å². The van der Waals surface area contributed by atoms with Crippen molar-refractivity contribution >= 4 is 69.5 Å². The Morgan fingerprint density at radius 1 is 0.813 bits per heavy atom. The molecule has 2 atom stereocenters. The molecule has 0 radical (unpaired) electrons. The summed E-state index contributed by atoms with van der Waals surface area (Å²) in [4.78, 5) is 68.3. The third kappa shape index (κ3) is 11.6. The molecule has 0 spiro atoms. The number of fused-ring (bicyclic) bond motifs is 1. The standard InChI is InChI=1S/C56H47F3N6O7S3/c1-54(2,52(70)71-47(36-18-8-3-9-19-36)37-20-10-4-11-21-37)72-63-44(43-34-75-53(60-43)62-56(39-22-12-5-13-23-39,40-24-14-6-15-25-40)41-26-16-7-17-27-41)48(66)61-45-49(67)65-46(51(68)69)38(33-74-50(45)65)32-73-42-28-30-64(31-29-42)35-55(57,58)59/h3-31,34,45,47,50H,32-33,35H2,1-2H3,(H2-,60,61,62,66,68,69)/p+1/b63-44-/t45-,50-/m1/s1. The highest BCUT2D eigenvalue weighted by molar-refractivity contribution is 8.01. The fourth-order valence-electron chi connectivity index (χ4n) is 8.64. The number of β-lactam (4-membered cyclic amide) rings is 1. The number of thioether (sulfide) groups is 2. The molecule has 2 aliphatic rings. The average molecular weight is 1070 g/mol. The number of hydrogen-bond acceptors (Lipinski definition) is 12. The van der Waals surface area contributed by atoms with Crippen LogP contribution in [0.25, 0.3) is 0 Å². The van der Waals surface area contributed by atoms with Crippen LogP contribution in [-0.2, 0) is 40.8 Å². The number of alkyl halides is 3. The van der Waals surface area contributed by atoms with Gasteiger partial charge in [-0.3, -0.25) is 14.5 Å². The van der Waals surface area contributed by atoms with Crippen LogP contribution >= 0.6 is 34.9 Å². The van der Waals surface area contributed by atoms with E-state index in [9.17, 15) is 37.5 Å². The van der Waals surface area contributed by atoms with Gasteiger partial charge in [-0.2, -0.15) is 17.7 Å². The molecule has 2 amide bonds. The van der Waals surface area contributed by atoms with E-state index in [1.165, 1.54) is 73.2 Å². The van der Waals surface area contributed by atoms with E-state index in [-0.39, 0.29) is 28.6 Å². The number of carbonyl (C=O) groups is 4. The fraction of sp³-hybridized carbons (Fsp3) is 0.196. The van der Waals surface area contributed by atoms with Gasteiger partial charge in [-0.05, 0) is 47.2 Å². The second-order valence-electron chi connectivity index (χ2n) is 17.9. The first-order valence-electron chi connectivity index (χ1n) is 23.5. The van der Waals surface area contributed by atoms with Crippen molar-refractivity contribution in [3.05, 3.63) is 226 Å². The van der Waals surface area contributed by atoms with Crippen LogP contribution in [0.15, 0.2) is 203 Å². The van der Waals surface area contributed by atoms with Crippen LogP contribution in [-0.4, -0.2) is 79.2 Å². The molecular weight excluding hydrogens is 1020 g/mol. The van der Waals surface area contributed by atoms with Crippen LogP contribution in [0, 0.1) is 0 Å². The molecule has 2 aliphatic heterocycles. The number of aliphatic carboxylic acids is 1. The number of halogens is 3. The van der Waals surface area contributed by atoms with Gasteiger partial charge in [0.25, 0.3) is 11.8 Å². The van der Waals surface area contributed by atoms with E-state index in [0.717, 1.165) is 26.2 Å². The second-order valence-corrected chi connectivity index (χ2v) is 20.9. The predicted molar refractivity (Wildman–Crippen MR) is 281 cm³/mol. The zero-order valence-electron chi connectivity index (χ0n) is 40.2. The van der Waals surface area contributed by atoms with Gasteiger partial charge in [0.05, 0.1) is 0 Å². The Hall–Kier alpha value is -7.74. The van der Waals surface area contributed by atoms with Crippen molar-refractivity contribution < 1.29 is 51.6 Å². The normalized spacial score (nSPS) is 15.9. The molecule has 0 aliphatic carbocycles.